The zero-order valence-corrected chi connectivity index (χ0v) is 28.1. The van der Waals surface area contributed by atoms with Crippen LogP contribution in [0.15, 0.2) is 91.1 Å². The zero-order valence-electron chi connectivity index (χ0n) is 24.1. The van der Waals surface area contributed by atoms with E-state index in [-0.39, 0.29) is 18.9 Å². The minimum absolute atomic E-state index is 0. The van der Waals surface area contributed by atoms with Crippen molar-refractivity contribution in [1.29, 1.82) is 0 Å². The van der Waals surface area contributed by atoms with Gasteiger partial charge in [0.1, 0.15) is 8.24 Å². The molecule has 1 aromatic carbocycles. The number of allylic oxidation sites excluding steroid dienone is 10. The van der Waals surface area contributed by atoms with Gasteiger partial charge in [0.15, 0.2) is 0 Å². The summed E-state index contributed by atoms with van der Waals surface area (Å²) in [5.41, 5.74) is 4.97. The SMILES string of the molecule is CC(C)(C)c1ccc(C2=CC=C[C@@H]3C2[N-]CN3[Si](C)(C)C2C3C=CC=CC3C3C=CC=CC32)cc1.[CH3-].[Cl][Ti][Cl]. The van der Waals surface area contributed by atoms with Gasteiger partial charge in [0.2, 0.25) is 0 Å². The summed E-state index contributed by atoms with van der Waals surface area (Å²) in [5, 5.41) is 5.29. The van der Waals surface area contributed by atoms with Gasteiger partial charge in [0, 0.05) is 6.04 Å². The Balaban J connectivity index is 0.000000845. The fourth-order valence-corrected chi connectivity index (χ4v) is 11.9. The summed E-state index contributed by atoms with van der Waals surface area (Å²) in [5.74, 6) is 2.54. The van der Waals surface area contributed by atoms with Crippen LogP contribution in [0.25, 0.3) is 10.9 Å². The van der Waals surface area contributed by atoms with Crippen LogP contribution in [-0.2, 0) is 22.4 Å². The molecular weight excluding hydrogens is 571 g/mol. The van der Waals surface area contributed by atoms with E-state index in [1.807, 2.05) is 0 Å². The van der Waals surface area contributed by atoms with Crippen molar-refractivity contribution in [3.05, 3.63) is 115 Å². The standard InChI is InChI=1S/C32H39N2Si.CH3.2ClH.Ti/c1-32(2,3)23-19-17-22(18-20-23)24-15-10-16-29-30(24)33-21-34(29)35(4,5)31-27-13-8-6-11-25(27)26-12-7-9-14-28(26)31;;;;/h6-20,25-31H,21H2,1-5H3;1H3;2*1H;/q2*-1;;;+2/p-2/t25?,26?,27?,28?,29-,30?,31?;;;;/m1..../s1. The molecule has 2 fully saturated rings. The Labute approximate surface area is 254 Å². The summed E-state index contributed by atoms with van der Waals surface area (Å²) >= 11 is -0.556. The van der Waals surface area contributed by atoms with Crippen molar-refractivity contribution < 1.29 is 17.0 Å². The molecule has 0 radical (unpaired) electrons. The summed E-state index contributed by atoms with van der Waals surface area (Å²) < 4.78 is 2.84. The fourth-order valence-electron chi connectivity index (χ4n) is 7.57. The van der Waals surface area contributed by atoms with Crippen LogP contribution < -0.4 is 0 Å². The molecule has 1 aromatic rings. The summed E-state index contributed by atoms with van der Waals surface area (Å²) in [7, 11) is 7.94. The number of benzene rings is 1. The number of halogens is 2. The first kappa shape index (κ1) is 31.0. The summed E-state index contributed by atoms with van der Waals surface area (Å²) in [6, 6.07) is 9.85. The molecule has 0 bridgehead atoms. The van der Waals surface area contributed by atoms with Crippen LogP contribution in [-0.4, -0.2) is 31.6 Å². The van der Waals surface area contributed by atoms with Crippen molar-refractivity contribution in [2.75, 3.05) is 6.67 Å². The van der Waals surface area contributed by atoms with Gasteiger partial charge in [-0.25, -0.2) is 0 Å². The van der Waals surface area contributed by atoms with Crippen LogP contribution in [0.4, 0.5) is 0 Å². The van der Waals surface area contributed by atoms with Crippen molar-refractivity contribution in [1.82, 2.24) is 4.57 Å². The molecule has 1 saturated heterocycles. The van der Waals surface area contributed by atoms with Gasteiger partial charge in [-0.3, -0.25) is 0 Å². The molecule has 6 rings (SSSR count). The Morgan fingerprint density at radius 1 is 0.821 bits per heavy atom. The average Bonchev–Trinajstić information content (AvgIpc) is 3.49. The quantitative estimate of drug-likeness (QED) is 0.245. The minimum atomic E-state index is -1.84. The monoisotopic (exact) mass is 612 g/mol. The molecule has 2 nitrogen and oxygen atoms in total. The summed E-state index contributed by atoms with van der Waals surface area (Å²) in [6.07, 6.45) is 26.2. The van der Waals surface area contributed by atoms with Gasteiger partial charge in [-0.2, -0.15) is 0 Å². The molecule has 1 saturated carbocycles. The average molecular weight is 614 g/mol. The third kappa shape index (κ3) is 5.89. The molecule has 208 valence electrons. The van der Waals surface area contributed by atoms with E-state index in [2.05, 4.69) is 130 Å². The second-order valence-corrected chi connectivity index (χ2v) is 19.8. The molecule has 5 unspecified atom stereocenters. The molecule has 0 aromatic heterocycles. The number of hydrogen-bond acceptors (Lipinski definition) is 1. The first-order valence-corrected chi connectivity index (χ1v) is 21.1. The molecule has 1 aliphatic heterocycles. The normalized spacial score (nSPS) is 32.4. The molecule has 0 amide bonds. The molecule has 0 N–H and O–H groups in total. The molecule has 4 aliphatic carbocycles. The van der Waals surface area contributed by atoms with Crippen molar-refractivity contribution in [3.63, 3.8) is 0 Å². The summed E-state index contributed by atoms with van der Waals surface area (Å²) in [6.45, 7) is 13.0. The molecule has 6 atom stereocenters. The van der Waals surface area contributed by atoms with Crippen molar-refractivity contribution in [2.24, 2.45) is 23.7 Å². The molecule has 1 heterocycles. The first-order valence-electron chi connectivity index (χ1n) is 13.8. The van der Waals surface area contributed by atoms with Gasteiger partial charge >= 0.3 is 35.6 Å². The fraction of sp³-hybridized carbons (Fsp3) is 0.424. The van der Waals surface area contributed by atoms with Crippen molar-refractivity contribution >= 4 is 32.4 Å². The Hall–Kier alpha value is -0.909. The Bertz CT molecular complexity index is 1160. The first-order chi connectivity index (χ1) is 18.2. The number of fused-ring (bicyclic) bond motifs is 4. The van der Waals surface area contributed by atoms with Gasteiger partial charge in [-0.15, -0.1) is 6.67 Å². The predicted octanol–water partition coefficient (Wildman–Crippen LogP) is 9.45. The van der Waals surface area contributed by atoms with Gasteiger partial charge in [0.05, 0.1) is 0 Å². The van der Waals surface area contributed by atoms with Gasteiger partial charge in [0.25, 0.3) is 0 Å². The van der Waals surface area contributed by atoms with E-state index in [1.54, 1.807) is 0 Å². The van der Waals surface area contributed by atoms with E-state index in [9.17, 15) is 0 Å². The second-order valence-electron chi connectivity index (χ2n) is 12.7. The van der Waals surface area contributed by atoms with Gasteiger partial charge in [-0.05, 0) is 45.8 Å². The van der Waals surface area contributed by atoms with E-state index in [1.165, 1.54) is 16.7 Å². The van der Waals surface area contributed by atoms with Gasteiger partial charge in [-0.1, -0.05) is 137 Å². The van der Waals surface area contributed by atoms with Crippen molar-refractivity contribution in [3.8, 4) is 0 Å². The van der Waals surface area contributed by atoms with E-state index in [0.717, 1.165) is 6.67 Å². The van der Waals surface area contributed by atoms with Crippen LogP contribution in [0.3, 0.4) is 0 Å². The second kappa shape index (κ2) is 12.5. The zero-order chi connectivity index (χ0) is 27.1. The Morgan fingerprint density at radius 3 is 1.85 bits per heavy atom. The van der Waals surface area contributed by atoms with Crippen LogP contribution >= 0.6 is 18.6 Å². The molecule has 5 aliphatic rings. The van der Waals surface area contributed by atoms with Crippen LogP contribution in [0.5, 0.6) is 0 Å². The van der Waals surface area contributed by atoms with Gasteiger partial charge < -0.3 is 17.3 Å². The predicted molar refractivity (Wildman–Crippen MR) is 170 cm³/mol. The van der Waals surface area contributed by atoms with Crippen molar-refractivity contribution in [2.45, 2.75) is 56.9 Å². The van der Waals surface area contributed by atoms with E-state index >= 15 is 0 Å². The van der Waals surface area contributed by atoms with E-state index in [0.29, 0.717) is 35.3 Å². The Kier molecular flexibility index (Phi) is 9.97. The topological polar surface area (TPSA) is 17.3 Å². The molecule has 6 heteroatoms. The third-order valence-corrected chi connectivity index (χ3v) is 13.7. The summed E-state index contributed by atoms with van der Waals surface area (Å²) in [4.78, 5) is 0. The number of hydrogen-bond donors (Lipinski definition) is 0. The maximum absolute atomic E-state index is 5.29. The van der Waals surface area contributed by atoms with E-state index < -0.39 is 25.3 Å². The third-order valence-electron chi connectivity index (χ3n) is 9.38. The molecule has 39 heavy (non-hydrogen) atoms. The molecule has 0 spiro atoms. The van der Waals surface area contributed by atoms with Crippen LogP contribution in [0, 0.1) is 31.1 Å². The molecular formula is C33H42Cl2N2SiTi-2. The number of rotatable bonds is 3. The number of nitrogens with zero attached hydrogens (tertiary/aromatic N) is 2. The van der Waals surface area contributed by atoms with Crippen LogP contribution in [0.2, 0.25) is 18.6 Å². The maximum atomic E-state index is 5.29. The Morgan fingerprint density at radius 2 is 1.33 bits per heavy atom. The van der Waals surface area contributed by atoms with E-state index in [4.69, 9.17) is 23.9 Å². The van der Waals surface area contributed by atoms with Crippen LogP contribution in [0.1, 0.15) is 31.9 Å².